The van der Waals surface area contributed by atoms with E-state index in [1.165, 1.54) is 0 Å². The molecule has 0 saturated carbocycles. The highest BCUT2D eigenvalue weighted by Crippen LogP contribution is 2.37. The van der Waals surface area contributed by atoms with Crippen LogP contribution in [0.4, 0.5) is 5.69 Å². The number of aliphatic hydroxyl groups is 1. The summed E-state index contributed by atoms with van der Waals surface area (Å²) in [6.07, 6.45) is 0. The summed E-state index contributed by atoms with van der Waals surface area (Å²) >= 11 is 0. The monoisotopic (exact) mass is 213 g/mol. The summed E-state index contributed by atoms with van der Waals surface area (Å²) in [5, 5.41) is 11.5. The summed E-state index contributed by atoms with van der Waals surface area (Å²) in [7, 11) is 4.65. The van der Waals surface area contributed by atoms with Crippen LogP contribution in [-0.4, -0.2) is 33.2 Å². The number of methoxy groups -OCH3 is 3. The van der Waals surface area contributed by atoms with Gasteiger partial charge in [0, 0.05) is 12.1 Å². The van der Waals surface area contributed by atoms with E-state index in [1.807, 2.05) is 0 Å². The van der Waals surface area contributed by atoms with E-state index in [1.54, 1.807) is 33.5 Å². The number of rotatable bonds is 5. The van der Waals surface area contributed by atoms with Gasteiger partial charge in [0.1, 0.15) is 12.5 Å². The Kier molecular flexibility index (Phi) is 4.05. The number of hydrogen-bond donors (Lipinski definition) is 2. The van der Waals surface area contributed by atoms with Crippen LogP contribution in [0.25, 0.3) is 0 Å². The molecule has 0 saturated heterocycles. The Morgan fingerprint density at radius 3 is 2.00 bits per heavy atom. The maximum Gasteiger partial charge on any atom is 0.164 e. The van der Waals surface area contributed by atoms with Crippen molar-refractivity contribution in [3.63, 3.8) is 0 Å². The van der Waals surface area contributed by atoms with E-state index in [0.717, 1.165) is 0 Å². The van der Waals surface area contributed by atoms with Crippen molar-refractivity contribution < 1.29 is 19.3 Å². The van der Waals surface area contributed by atoms with Crippen molar-refractivity contribution in [2.45, 2.75) is 0 Å². The third-order valence-corrected chi connectivity index (χ3v) is 1.98. The average molecular weight is 213 g/mol. The number of benzene rings is 1. The van der Waals surface area contributed by atoms with Crippen LogP contribution < -0.4 is 19.5 Å². The van der Waals surface area contributed by atoms with E-state index in [9.17, 15) is 0 Å². The first-order chi connectivity index (χ1) is 7.26. The van der Waals surface area contributed by atoms with Crippen LogP contribution in [0.1, 0.15) is 0 Å². The molecule has 0 aliphatic heterocycles. The zero-order chi connectivity index (χ0) is 11.3. The van der Waals surface area contributed by atoms with Gasteiger partial charge in [-0.15, -0.1) is 0 Å². The summed E-state index contributed by atoms with van der Waals surface area (Å²) in [5.74, 6) is 1.74. The highest BCUT2D eigenvalue weighted by atomic mass is 16.5. The first-order valence-electron chi connectivity index (χ1n) is 4.41. The molecule has 0 aliphatic carbocycles. The van der Waals surface area contributed by atoms with Crippen LogP contribution in [0.15, 0.2) is 12.1 Å². The molecule has 0 heterocycles. The van der Waals surface area contributed by atoms with Crippen LogP contribution in [0.5, 0.6) is 17.2 Å². The van der Waals surface area contributed by atoms with Crippen LogP contribution in [0.3, 0.4) is 0 Å². The molecule has 0 fully saturated rings. The van der Waals surface area contributed by atoms with E-state index < -0.39 is 0 Å². The Morgan fingerprint density at radius 2 is 1.53 bits per heavy atom. The van der Waals surface area contributed by atoms with Crippen LogP contribution in [-0.2, 0) is 0 Å². The topological polar surface area (TPSA) is 60.0 Å². The van der Waals surface area contributed by atoms with Crippen LogP contribution in [0, 0.1) is 0 Å². The molecular weight excluding hydrogens is 198 g/mol. The lowest BCUT2D eigenvalue weighted by Gasteiger charge is -2.14. The van der Waals surface area contributed by atoms with Gasteiger partial charge in [0.15, 0.2) is 11.5 Å². The molecular formula is C10H15NO4. The summed E-state index contributed by atoms with van der Waals surface area (Å²) in [6.45, 7) is -0.175. The lowest BCUT2D eigenvalue weighted by Crippen LogP contribution is -2.03. The SMILES string of the molecule is COc1cc(OC)c(OC)cc1NCO. The van der Waals surface area contributed by atoms with Crippen molar-refractivity contribution in [1.82, 2.24) is 0 Å². The van der Waals surface area contributed by atoms with Gasteiger partial charge in [-0.2, -0.15) is 0 Å². The standard InChI is InChI=1S/C10H15NO4/c1-13-8-5-10(15-3)9(14-2)4-7(8)11-6-12/h4-5,11-12H,6H2,1-3H3. The first-order valence-corrected chi connectivity index (χ1v) is 4.41. The third-order valence-electron chi connectivity index (χ3n) is 1.98. The predicted octanol–water partition coefficient (Wildman–Crippen LogP) is 1.07. The molecule has 5 heteroatoms. The van der Waals surface area contributed by atoms with Gasteiger partial charge in [-0.25, -0.2) is 0 Å². The number of nitrogens with one attached hydrogen (secondary N) is 1. The highest BCUT2D eigenvalue weighted by Gasteiger charge is 2.10. The molecule has 0 unspecified atom stereocenters. The van der Waals surface area contributed by atoms with Gasteiger partial charge in [-0.3, -0.25) is 0 Å². The number of aliphatic hydroxyl groups excluding tert-OH is 1. The van der Waals surface area contributed by atoms with Crippen molar-refractivity contribution in [3.05, 3.63) is 12.1 Å². The Labute approximate surface area is 88.6 Å². The first kappa shape index (κ1) is 11.5. The second kappa shape index (κ2) is 5.31. The maximum absolute atomic E-state index is 8.79. The number of hydrogen-bond acceptors (Lipinski definition) is 5. The zero-order valence-electron chi connectivity index (χ0n) is 9.03. The minimum absolute atomic E-state index is 0.175. The Morgan fingerprint density at radius 1 is 1.00 bits per heavy atom. The zero-order valence-corrected chi connectivity index (χ0v) is 9.03. The third kappa shape index (κ3) is 2.44. The van der Waals surface area contributed by atoms with E-state index in [4.69, 9.17) is 19.3 Å². The molecule has 15 heavy (non-hydrogen) atoms. The summed E-state index contributed by atoms with van der Waals surface area (Å²) in [5.41, 5.74) is 0.651. The minimum atomic E-state index is -0.175. The molecule has 1 aromatic carbocycles. The van der Waals surface area contributed by atoms with Gasteiger partial charge in [-0.05, 0) is 0 Å². The van der Waals surface area contributed by atoms with Gasteiger partial charge in [0.2, 0.25) is 0 Å². The Hall–Kier alpha value is -1.62. The molecule has 5 nitrogen and oxygen atoms in total. The maximum atomic E-state index is 8.79. The summed E-state index contributed by atoms with van der Waals surface area (Å²) in [4.78, 5) is 0. The van der Waals surface area contributed by atoms with E-state index in [0.29, 0.717) is 22.9 Å². The van der Waals surface area contributed by atoms with E-state index in [-0.39, 0.29) is 6.73 Å². The smallest absolute Gasteiger partial charge is 0.164 e. The van der Waals surface area contributed by atoms with Crippen molar-refractivity contribution in [2.75, 3.05) is 33.4 Å². The minimum Gasteiger partial charge on any atom is -0.494 e. The van der Waals surface area contributed by atoms with Gasteiger partial charge >= 0.3 is 0 Å². The van der Waals surface area contributed by atoms with Crippen molar-refractivity contribution in [1.29, 1.82) is 0 Å². The van der Waals surface area contributed by atoms with Crippen LogP contribution >= 0.6 is 0 Å². The van der Waals surface area contributed by atoms with E-state index in [2.05, 4.69) is 5.32 Å². The molecule has 1 aromatic rings. The van der Waals surface area contributed by atoms with Crippen molar-refractivity contribution in [2.24, 2.45) is 0 Å². The summed E-state index contributed by atoms with van der Waals surface area (Å²) < 4.78 is 15.4. The lowest BCUT2D eigenvalue weighted by molar-refractivity contribution is 0.323. The predicted molar refractivity (Wildman–Crippen MR) is 56.8 cm³/mol. The molecule has 1 rings (SSSR count). The Balaban J connectivity index is 3.15. The molecule has 0 bridgehead atoms. The van der Waals surface area contributed by atoms with Crippen molar-refractivity contribution in [3.8, 4) is 17.2 Å². The molecule has 0 amide bonds. The van der Waals surface area contributed by atoms with Gasteiger partial charge in [0.25, 0.3) is 0 Å². The molecule has 0 aliphatic rings. The molecule has 2 N–H and O–H groups in total. The molecule has 0 spiro atoms. The average Bonchev–Trinajstić information content (AvgIpc) is 2.28. The fourth-order valence-corrected chi connectivity index (χ4v) is 1.25. The fraction of sp³-hybridized carbons (Fsp3) is 0.400. The number of ether oxygens (including phenoxy) is 3. The van der Waals surface area contributed by atoms with Crippen molar-refractivity contribution >= 4 is 5.69 Å². The summed E-state index contributed by atoms with van der Waals surface area (Å²) in [6, 6.07) is 3.39. The Bertz CT molecular complexity index is 327. The normalized spacial score (nSPS) is 9.60. The highest BCUT2D eigenvalue weighted by molar-refractivity contribution is 5.64. The molecule has 0 radical (unpaired) electrons. The molecule has 0 aromatic heterocycles. The quantitative estimate of drug-likeness (QED) is 0.716. The number of anilines is 1. The van der Waals surface area contributed by atoms with Gasteiger partial charge in [0.05, 0.1) is 27.0 Å². The second-order valence-corrected chi connectivity index (χ2v) is 2.74. The van der Waals surface area contributed by atoms with Gasteiger partial charge in [-0.1, -0.05) is 0 Å². The van der Waals surface area contributed by atoms with E-state index >= 15 is 0 Å². The fourth-order valence-electron chi connectivity index (χ4n) is 1.25. The lowest BCUT2D eigenvalue weighted by atomic mass is 10.2. The molecule has 84 valence electrons. The largest absolute Gasteiger partial charge is 0.494 e. The van der Waals surface area contributed by atoms with Gasteiger partial charge < -0.3 is 24.6 Å². The molecule has 0 atom stereocenters. The van der Waals surface area contributed by atoms with Crippen LogP contribution in [0.2, 0.25) is 0 Å². The second-order valence-electron chi connectivity index (χ2n) is 2.74.